The second-order valence-electron chi connectivity index (χ2n) is 7.25. The summed E-state index contributed by atoms with van der Waals surface area (Å²) in [5.41, 5.74) is 2.64. The van der Waals surface area contributed by atoms with Crippen molar-refractivity contribution in [3.8, 4) is 5.69 Å². The molecule has 0 aliphatic carbocycles. The molecule has 3 heterocycles. The second kappa shape index (κ2) is 9.23. The van der Waals surface area contributed by atoms with E-state index in [0.717, 1.165) is 23.5 Å². The van der Waals surface area contributed by atoms with E-state index >= 15 is 0 Å². The third kappa shape index (κ3) is 4.28. The summed E-state index contributed by atoms with van der Waals surface area (Å²) < 4.78 is 7.21. The van der Waals surface area contributed by atoms with Crippen LogP contribution in [0, 0.1) is 10.1 Å². The Labute approximate surface area is 185 Å². The number of nitro groups is 1. The molecule has 2 aromatic heterocycles. The molecule has 9 heteroatoms. The van der Waals surface area contributed by atoms with Gasteiger partial charge in [-0.3, -0.25) is 15.1 Å². The third-order valence-electron chi connectivity index (χ3n) is 5.35. The van der Waals surface area contributed by atoms with E-state index in [2.05, 4.69) is 15.2 Å². The van der Waals surface area contributed by atoms with Gasteiger partial charge in [-0.15, -0.1) is 0 Å². The zero-order valence-corrected chi connectivity index (χ0v) is 17.9. The van der Waals surface area contributed by atoms with Crippen LogP contribution in [0.3, 0.4) is 0 Å². The Kier molecular flexibility index (Phi) is 6.24. The lowest BCUT2D eigenvalue weighted by Crippen LogP contribution is -2.32. The van der Waals surface area contributed by atoms with E-state index in [1.54, 1.807) is 25.4 Å². The van der Waals surface area contributed by atoms with Gasteiger partial charge in [0.25, 0.3) is 5.69 Å². The van der Waals surface area contributed by atoms with E-state index in [9.17, 15) is 10.1 Å². The van der Waals surface area contributed by atoms with Gasteiger partial charge in [-0.05, 0) is 49.0 Å². The van der Waals surface area contributed by atoms with Crippen molar-refractivity contribution >= 4 is 23.0 Å². The van der Waals surface area contributed by atoms with Crippen LogP contribution in [-0.2, 0) is 4.74 Å². The number of aromatic nitrogens is 2. The zero-order valence-electron chi connectivity index (χ0n) is 17.0. The lowest BCUT2D eigenvalue weighted by molar-refractivity contribution is -0.384. The number of hydrogen-bond donors (Lipinski definition) is 1. The molecule has 1 N–H and O–H groups in total. The summed E-state index contributed by atoms with van der Waals surface area (Å²) in [5, 5.41) is 15.4. The summed E-state index contributed by atoms with van der Waals surface area (Å²) in [4.78, 5) is 17.6. The molecule has 0 saturated carbocycles. The maximum absolute atomic E-state index is 11.3. The monoisotopic (exact) mass is 437 g/mol. The standard InChI is InChI=1S/C22H23N5O3S/c1-30-14-6-13-26-21(20(24-22(26)31)18-9-2-3-11-23-18)19-10-5-12-25(19)16-7-4-8-17(15-16)27(28)29/h2-5,7-12,15,20-21H,6,13-14H2,1H3,(H,24,31)/t20-,21-/m1/s1. The predicted molar refractivity (Wildman–Crippen MR) is 121 cm³/mol. The molecule has 2 atom stereocenters. The van der Waals surface area contributed by atoms with E-state index in [-0.39, 0.29) is 22.7 Å². The molecule has 3 aromatic rings. The van der Waals surface area contributed by atoms with Crippen LogP contribution in [0.1, 0.15) is 29.9 Å². The van der Waals surface area contributed by atoms with Crippen molar-refractivity contribution in [2.75, 3.05) is 20.3 Å². The summed E-state index contributed by atoms with van der Waals surface area (Å²) in [6.07, 6.45) is 4.50. The molecule has 0 spiro atoms. The van der Waals surface area contributed by atoms with E-state index in [1.165, 1.54) is 6.07 Å². The van der Waals surface area contributed by atoms with Crippen molar-refractivity contribution in [3.63, 3.8) is 0 Å². The maximum atomic E-state index is 11.3. The van der Waals surface area contributed by atoms with Crippen molar-refractivity contribution in [2.24, 2.45) is 0 Å². The number of nitrogens with zero attached hydrogens (tertiary/aromatic N) is 4. The minimum Gasteiger partial charge on any atom is -0.385 e. The first-order valence-electron chi connectivity index (χ1n) is 9.99. The highest BCUT2D eigenvalue weighted by Gasteiger charge is 2.41. The highest BCUT2D eigenvalue weighted by atomic mass is 32.1. The molecule has 0 radical (unpaired) electrons. The Balaban J connectivity index is 1.77. The zero-order chi connectivity index (χ0) is 21.8. The van der Waals surface area contributed by atoms with Gasteiger partial charge in [0, 0.05) is 50.5 Å². The molecule has 8 nitrogen and oxygen atoms in total. The number of nitrogens with one attached hydrogen (secondary N) is 1. The van der Waals surface area contributed by atoms with Crippen LogP contribution in [0.5, 0.6) is 0 Å². The van der Waals surface area contributed by atoms with Gasteiger partial charge in [0.1, 0.15) is 0 Å². The van der Waals surface area contributed by atoms with Gasteiger partial charge in [0.2, 0.25) is 0 Å². The number of hydrogen-bond acceptors (Lipinski definition) is 5. The molecule has 1 aliphatic heterocycles. The molecule has 4 rings (SSSR count). The average Bonchev–Trinajstić information content (AvgIpc) is 3.39. The van der Waals surface area contributed by atoms with Gasteiger partial charge >= 0.3 is 0 Å². The fraction of sp³-hybridized carbons (Fsp3) is 0.273. The van der Waals surface area contributed by atoms with Crippen molar-refractivity contribution in [1.29, 1.82) is 0 Å². The molecule has 160 valence electrons. The van der Waals surface area contributed by atoms with Crippen LogP contribution >= 0.6 is 12.2 Å². The van der Waals surface area contributed by atoms with Crippen molar-refractivity contribution in [1.82, 2.24) is 19.8 Å². The molecule has 31 heavy (non-hydrogen) atoms. The molecule has 0 unspecified atom stereocenters. The molecule has 1 aromatic carbocycles. The number of ether oxygens (including phenoxy) is 1. The fourth-order valence-electron chi connectivity index (χ4n) is 3.97. The largest absolute Gasteiger partial charge is 0.385 e. The Morgan fingerprint density at radius 2 is 2.10 bits per heavy atom. The van der Waals surface area contributed by atoms with E-state index < -0.39 is 0 Å². The van der Waals surface area contributed by atoms with Gasteiger partial charge < -0.3 is 19.5 Å². The summed E-state index contributed by atoms with van der Waals surface area (Å²) in [6.45, 7) is 1.35. The molecular formula is C22H23N5O3S. The summed E-state index contributed by atoms with van der Waals surface area (Å²) in [7, 11) is 1.68. The van der Waals surface area contributed by atoms with E-state index in [1.807, 2.05) is 47.2 Å². The quantitative estimate of drug-likeness (QED) is 0.248. The summed E-state index contributed by atoms with van der Waals surface area (Å²) in [6, 6.07) is 16.1. The molecule has 1 saturated heterocycles. The molecule has 1 fully saturated rings. The third-order valence-corrected chi connectivity index (χ3v) is 5.70. The Morgan fingerprint density at radius 1 is 1.23 bits per heavy atom. The van der Waals surface area contributed by atoms with Crippen LogP contribution in [0.4, 0.5) is 5.69 Å². The Bertz CT molecular complexity index is 1070. The van der Waals surface area contributed by atoms with Gasteiger partial charge in [-0.1, -0.05) is 12.1 Å². The second-order valence-corrected chi connectivity index (χ2v) is 7.63. The number of thiocarbonyl (C=S) groups is 1. The number of non-ortho nitro benzene ring substituents is 1. The van der Waals surface area contributed by atoms with E-state index in [0.29, 0.717) is 18.3 Å². The topological polar surface area (TPSA) is 85.5 Å². The lowest BCUT2D eigenvalue weighted by atomic mass is 10.0. The van der Waals surface area contributed by atoms with Crippen LogP contribution in [0.25, 0.3) is 5.69 Å². The number of benzene rings is 1. The Hall–Kier alpha value is -3.30. The lowest BCUT2D eigenvalue weighted by Gasteiger charge is -2.29. The van der Waals surface area contributed by atoms with Crippen LogP contribution in [0.2, 0.25) is 0 Å². The maximum Gasteiger partial charge on any atom is 0.271 e. The average molecular weight is 438 g/mol. The molecule has 0 bridgehead atoms. The number of nitro benzene ring substituents is 1. The van der Waals surface area contributed by atoms with Gasteiger partial charge in [0.05, 0.1) is 28.4 Å². The number of methoxy groups -OCH3 is 1. The first kappa shape index (κ1) is 21.0. The summed E-state index contributed by atoms with van der Waals surface area (Å²) >= 11 is 5.68. The first-order valence-corrected chi connectivity index (χ1v) is 10.4. The van der Waals surface area contributed by atoms with E-state index in [4.69, 9.17) is 17.0 Å². The van der Waals surface area contributed by atoms with Crippen LogP contribution < -0.4 is 5.32 Å². The van der Waals surface area contributed by atoms with Crippen LogP contribution in [-0.4, -0.2) is 44.7 Å². The highest BCUT2D eigenvalue weighted by Crippen LogP contribution is 2.39. The number of rotatable bonds is 8. The van der Waals surface area contributed by atoms with Crippen molar-refractivity contribution in [3.05, 3.63) is 88.5 Å². The molecule has 1 aliphatic rings. The van der Waals surface area contributed by atoms with Crippen molar-refractivity contribution in [2.45, 2.75) is 18.5 Å². The summed E-state index contributed by atoms with van der Waals surface area (Å²) in [5.74, 6) is 0. The van der Waals surface area contributed by atoms with Gasteiger partial charge in [-0.25, -0.2) is 0 Å². The normalized spacial score (nSPS) is 18.2. The first-order chi connectivity index (χ1) is 15.1. The highest BCUT2D eigenvalue weighted by molar-refractivity contribution is 7.80. The van der Waals surface area contributed by atoms with Crippen molar-refractivity contribution < 1.29 is 9.66 Å². The predicted octanol–water partition coefficient (Wildman–Crippen LogP) is 3.79. The minimum atomic E-state index is -0.382. The van der Waals surface area contributed by atoms with Gasteiger partial charge in [0.15, 0.2) is 5.11 Å². The molecular weight excluding hydrogens is 414 g/mol. The Morgan fingerprint density at radius 3 is 2.84 bits per heavy atom. The smallest absolute Gasteiger partial charge is 0.271 e. The van der Waals surface area contributed by atoms with Crippen LogP contribution in [0.15, 0.2) is 67.0 Å². The number of pyridine rings is 1. The molecule has 0 amide bonds. The SMILES string of the molecule is COCCCN1C(=S)N[C@H](c2ccccn2)[C@H]1c1cccn1-c1cccc([N+](=O)[O-])c1. The van der Waals surface area contributed by atoms with Gasteiger partial charge in [-0.2, -0.15) is 0 Å². The minimum absolute atomic E-state index is 0.0513. The fourth-order valence-corrected chi connectivity index (χ4v) is 4.31.